The molecule has 118 valence electrons. The van der Waals surface area contributed by atoms with Crippen LogP contribution in [0.2, 0.25) is 0 Å². The fourth-order valence-electron chi connectivity index (χ4n) is 2.25. The van der Waals surface area contributed by atoms with Gasteiger partial charge in [-0.1, -0.05) is 12.1 Å². The van der Waals surface area contributed by atoms with E-state index >= 15 is 0 Å². The van der Waals surface area contributed by atoms with Gasteiger partial charge in [0.25, 0.3) is 0 Å². The molecule has 0 atom stereocenters. The number of nitrogens with one attached hydrogen (secondary N) is 1. The third-order valence-electron chi connectivity index (χ3n) is 3.55. The highest BCUT2D eigenvalue weighted by molar-refractivity contribution is 5.75. The Labute approximate surface area is 131 Å². The summed E-state index contributed by atoms with van der Waals surface area (Å²) in [5, 5.41) is 2.95. The van der Waals surface area contributed by atoms with Crippen molar-refractivity contribution in [2.45, 2.75) is 32.1 Å². The van der Waals surface area contributed by atoms with Crippen molar-refractivity contribution >= 4 is 5.91 Å². The highest BCUT2D eigenvalue weighted by atomic mass is 16.5. The minimum absolute atomic E-state index is 0.0841. The minimum Gasteiger partial charge on any atom is -0.497 e. The van der Waals surface area contributed by atoms with E-state index in [1.807, 2.05) is 24.3 Å². The van der Waals surface area contributed by atoms with Crippen LogP contribution < -0.4 is 10.1 Å². The van der Waals surface area contributed by atoms with Gasteiger partial charge in [-0.25, -0.2) is 0 Å². The van der Waals surface area contributed by atoms with Gasteiger partial charge in [0, 0.05) is 19.4 Å². The summed E-state index contributed by atoms with van der Waals surface area (Å²) in [7, 11) is 1.67. The predicted octanol–water partition coefficient (Wildman–Crippen LogP) is 3.36. The SMILES string of the molecule is COc1ccc(CCCCNC(=O)CCc2ccco2)cc1. The lowest BCUT2D eigenvalue weighted by atomic mass is 10.1. The van der Waals surface area contributed by atoms with Crippen LogP contribution in [0.15, 0.2) is 47.1 Å². The van der Waals surface area contributed by atoms with Crippen LogP contribution in [0, 0.1) is 0 Å². The Bertz CT molecular complexity index is 546. The Kier molecular flexibility index (Phi) is 6.55. The number of benzene rings is 1. The molecule has 2 aromatic rings. The summed E-state index contributed by atoms with van der Waals surface area (Å²) in [4.78, 5) is 11.7. The molecule has 1 heterocycles. The topological polar surface area (TPSA) is 51.5 Å². The van der Waals surface area contributed by atoms with Crippen LogP contribution in [0.1, 0.15) is 30.6 Å². The van der Waals surface area contributed by atoms with Gasteiger partial charge in [0.15, 0.2) is 0 Å². The van der Waals surface area contributed by atoms with Crippen LogP contribution in [-0.4, -0.2) is 19.6 Å². The van der Waals surface area contributed by atoms with Crippen LogP contribution in [-0.2, 0) is 17.6 Å². The molecular weight excluding hydrogens is 278 g/mol. The molecule has 0 aliphatic heterocycles. The number of amides is 1. The number of methoxy groups -OCH3 is 1. The van der Waals surface area contributed by atoms with Gasteiger partial charge in [0.1, 0.15) is 11.5 Å². The normalized spacial score (nSPS) is 10.4. The number of furan rings is 1. The number of carbonyl (C=O) groups excluding carboxylic acids is 1. The zero-order valence-corrected chi connectivity index (χ0v) is 13.0. The van der Waals surface area contributed by atoms with Gasteiger partial charge < -0.3 is 14.5 Å². The molecule has 4 nitrogen and oxygen atoms in total. The van der Waals surface area contributed by atoms with Gasteiger partial charge in [-0.15, -0.1) is 0 Å². The summed E-state index contributed by atoms with van der Waals surface area (Å²) < 4.78 is 10.3. The molecule has 0 radical (unpaired) electrons. The number of unbranched alkanes of at least 4 members (excludes halogenated alkanes) is 1. The molecule has 0 aliphatic carbocycles. The Morgan fingerprint density at radius 2 is 1.95 bits per heavy atom. The molecule has 1 aromatic heterocycles. The fraction of sp³-hybridized carbons (Fsp3) is 0.389. The van der Waals surface area contributed by atoms with E-state index < -0.39 is 0 Å². The Morgan fingerprint density at radius 1 is 1.14 bits per heavy atom. The first kappa shape index (κ1) is 16.1. The largest absolute Gasteiger partial charge is 0.497 e. The van der Waals surface area contributed by atoms with E-state index in [-0.39, 0.29) is 5.91 Å². The lowest BCUT2D eigenvalue weighted by Crippen LogP contribution is -2.24. The molecule has 0 spiro atoms. The number of rotatable bonds is 9. The smallest absolute Gasteiger partial charge is 0.220 e. The molecule has 1 amide bonds. The highest BCUT2D eigenvalue weighted by Crippen LogP contribution is 2.13. The molecule has 0 unspecified atom stereocenters. The third kappa shape index (κ3) is 5.64. The lowest BCUT2D eigenvalue weighted by molar-refractivity contribution is -0.121. The van der Waals surface area contributed by atoms with E-state index in [1.54, 1.807) is 13.4 Å². The summed E-state index contributed by atoms with van der Waals surface area (Å²) in [6.07, 6.45) is 5.83. The maximum atomic E-state index is 11.7. The Hall–Kier alpha value is -2.23. The van der Waals surface area contributed by atoms with E-state index in [0.717, 1.165) is 37.3 Å². The van der Waals surface area contributed by atoms with Gasteiger partial charge in [0.05, 0.1) is 13.4 Å². The number of carbonyl (C=O) groups is 1. The van der Waals surface area contributed by atoms with E-state index in [0.29, 0.717) is 12.8 Å². The van der Waals surface area contributed by atoms with E-state index in [2.05, 4.69) is 17.4 Å². The zero-order valence-electron chi connectivity index (χ0n) is 13.0. The predicted molar refractivity (Wildman–Crippen MR) is 86.0 cm³/mol. The second-order valence-corrected chi connectivity index (χ2v) is 5.23. The van der Waals surface area contributed by atoms with Gasteiger partial charge in [0.2, 0.25) is 5.91 Å². The molecular formula is C18H23NO3. The van der Waals surface area contributed by atoms with Crippen molar-refractivity contribution in [1.82, 2.24) is 5.32 Å². The van der Waals surface area contributed by atoms with Gasteiger partial charge in [-0.2, -0.15) is 0 Å². The van der Waals surface area contributed by atoms with Crippen molar-refractivity contribution in [2.24, 2.45) is 0 Å². The van der Waals surface area contributed by atoms with Crippen molar-refractivity contribution < 1.29 is 13.9 Å². The first-order valence-electron chi connectivity index (χ1n) is 7.70. The number of ether oxygens (including phenoxy) is 1. The lowest BCUT2D eigenvalue weighted by Gasteiger charge is -2.05. The van der Waals surface area contributed by atoms with Gasteiger partial charge in [-0.05, 0) is 49.1 Å². The first-order chi connectivity index (χ1) is 10.8. The second-order valence-electron chi connectivity index (χ2n) is 5.23. The van der Waals surface area contributed by atoms with Crippen LogP contribution in [0.5, 0.6) is 5.75 Å². The van der Waals surface area contributed by atoms with Crippen molar-refractivity contribution in [3.8, 4) is 5.75 Å². The molecule has 2 rings (SSSR count). The molecule has 4 heteroatoms. The quantitative estimate of drug-likeness (QED) is 0.723. The van der Waals surface area contributed by atoms with Crippen LogP contribution in [0.4, 0.5) is 0 Å². The monoisotopic (exact) mass is 301 g/mol. The summed E-state index contributed by atoms with van der Waals surface area (Å²) in [5.74, 6) is 1.82. The van der Waals surface area contributed by atoms with Crippen molar-refractivity contribution in [2.75, 3.05) is 13.7 Å². The molecule has 0 saturated heterocycles. The Morgan fingerprint density at radius 3 is 2.64 bits per heavy atom. The average molecular weight is 301 g/mol. The number of aryl methyl sites for hydroxylation is 2. The molecule has 0 fully saturated rings. The number of hydrogen-bond donors (Lipinski definition) is 1. The van der Waals surface area contributed by atoms with E-state index in [4.69, 9.17) is 9.15 Å². The summed E-state index contributed by atoms with van der Waals surface area (Å²) in [5.41, 5.74) is 1.30. The fourth-order valence-corrected chi connectivity index (χ4v) is 2.25. The summed E-state index contributed by atoms with van der Waals surface area (Å²) in [6, 6.07) is 11.9. The molecule has 1 N–H and O–H groups in total. The second kappa shape index (κ2) is 8.93. The minimum atomic E-state index is 0.0841. The zero-order chi connectivity index (χ0) is 15.6. The van der Waals surface area contributed by atoms with Gasteiger partial charge >= 0.3 is 0 Å². The first-order valence-corrected chi connectivity index (χ1v) is 7.70. The highest BCUT2D eigenvalue weighted by Gasteiger charge is 2.03. The van der Waals surface area contributed by atoms with Crippen molar-refractivity contribution in [3.05, 3.63) is 54.0 Å². The summed E-state index contributed by atoms with van der Waals surface area (Å²) >= 11 is 0. The van der Waals surface area contributed by atoms with Crippen LogP contribution in [0.3, 0.4) is 0 Å². The molecule has 22 heavy (non-hydrogen) atoms. The van der Waals surface area contributed by atoms with Gasteiger partial charge in [-0.3, -0.25) is 4.79 Å². The standard InChI is InChI=1S/C18H23NO3/c1-21-16-9-7-15(8-10-16)5-2-3-13-19-18(20)12-11-17-6-4-14-22-17/h4,6-10,14H,2-3,5,11-13H2,1H3,(H,19,20). The molecule has 1 aromatic carbocycles. The molecule has 0 bridgehead atoms. The third-order valence-corrected chi connectivity index (χ3v) is 3.55. The van der Waals surface area contributed by atoms with Crippen molar-refractivity contribution in [1.29, 1.82) is 0 Å². The Balaban J connectivity index is 1.53. The summed E-state index contributed by atoms with van der Waals surface area (Å²) in [6.45, 7) is 0.729. The van der Waals surface area contributed by atoms with Crippen molar-refractivity contribution in [3.63, 3.8) is 0 Å². The maximum absolute atomic E-state index is 11.7. The number of hydrogen-bond acceptors (Lipinski definition) is 3. The molecule has 0 saturated carbocycles. The van der Waals surface area contributed by atoms with E-state index in [1.165, 1.54) is 5.56 Å². The average Bonchev–Trinajstić information content (AvgIpc) is 3.06. The van der Waals surface area contributed by atoms with Crippen LogP contribution in [0.25, 0.3) is 0 Å². The maximum Gasteiger partial charge on any atom is 0.220 e. The van der Waals surface area contributed by atoms with E-state index in [9.17, 15) is 4.79 Å². The van der Waals surface area contributed by atoms with Crippen LogP contribution >= 0.6 is 0 Å². The molecule has 0 aliphatic rings.